The fraction of sp³-hybridized carbons (Fsp3) is 0.300. The van der Waals surface area contributed by atoms with E-state index in [2.05, 4.69) is 9.98 Å². The van der Waals surface area contributed by atoms with Crippen molar-refractivity contribution in [3.63, 3.8) is 0 Å². The highest BCUT2D eigenvalue weighted by atomic mass is 35.5. The monoisotopic (exact) mass is 450 g/mol. The van der Waals surface area contributed by atoms with Gasteiger partial charge in [-0.2, -0.15) is 0 Å². The van der Waals surface area contributed by atoms with Gasteiger partial charge < -0.3 is 15.4 Å². The number of rotatable bonds is 4. The summed E-state index contributed by atoms with van der Waals surface area (Å²) in [4.78, 5) is 34.3. The van der Waals surface area contributed by atoms with E-state index < -0.39 is 0 Å². The van der Waals surface area contributed by atoms with Crippen molar-refractivity contribution in [2.75, 3.05) is 19.7 Å². The zero-order valence-corrected chi connectivity index (χ0v) is 17.8. The lowest BCUT2D eigenvalue weighted by molar-refractivity contribution is -0.138. The molecule has 1 amide bonds. The lowest BCUT2D eigenvalue weighted by Gasteiger charge is -2.26. The van der Waals surface area contributed by atoms with Crippen LogP contribution in [0.3, 0.4) is 0 Å². The molecule has 3 heterocycles. The SMILES string of the molecule is CCOC(=O)C1=C2CC(C(N)=O)CN2C(c2nccs2)=NC1.Fc1cccc(Cl)c1. The van der Waals surface area contributed by atoms with Gasteiger partial charge in [-0.25, -0.2) is 14.2 Å². The zero-order valence-electron chi connectivity index (χ0n) is 16.2. The molecule has 0 spiro atoms. The number of carbonyl (C=O) groups excluding carboxylic acids is 2. The normalized spacial score (nSPS) is 17.6. The van der Waals surface area contributed by atoms with Gasteiger partial charge in [0.15, 0.2) is 10.8 Å². The Hall–Kier alpha value is -2.78. The Morgan fingerprint density at radius 1 is 1.43 bits per heavy atom. The quantitative estimate of drug-likeness (QED) is 0.722. The first-order valence-electron chi connectivity index (χ1n) is 9.22. The van der Waals surface area contributed by atoms with Crippen LogP contribution in [0.25, 0.3) is 0 Å². The fourth-order valence-electron chi connectivity index (χ4n) is 3.14. The Kier molecular flexibility index (Phi) is 7.17. The molecule has 1 saturated heterocycles. The van der Waals surface area contributed by atoms with Gasteiger partial charge in [-0.15, -0.1) is 11.3 Å². The number of primary amides is 1. The summed E-state index contributed by atoms with van der Waals surface area (Å²) in [6.07, 6.45) is 2.14. The number of hydrogen-bond donors (Lipinski definition) is 1. The van der Waals surface area contributed by atoms with Crippen LogP contribution in [0.2, 0.25) is 5.02 Å². The van der Waals surface area contributed by atoms with Crippen LogP contribution in [-0.2, 0) is 14.3 Å². The molecule has 30 heavy (non-hydrogen) atoms. The van der Waals surface area contributed by atoms with Gasteiger partial charge in [-0.1, -0.05) is 17.7 Å². The number of nitrogens with two attached hydrogens (primary N) is 1. The number of amidine groups is 1. The standard InChI is InChI=1S/C14H16N4O3S.C6H4ClF/c1-2-21-14(20)9-6-17-12(13-16-3-4-22-13)18-7-8(11(15)19)5-10(9)18;7-5-2-1-3-6(8)4-5/h3-4,8H,2,5-7H2,1H3,(H2,15,19);1-4H. The number of halogens is 2. The molecule has 1 unspecified atom stereocenters. The number of thiazole rings is 1. The summed E-state index contributed by atoms with van der Waals surface area (Å²) in [5.74, 6) is -0.680. The van der Waals surface area contributed by atoms with Crippen LogP contribution in [0.15, 0.2) is 52.1 Å². The van der Waals surface area contributed by atoms with Crippen molar-refractivity contribution < 1.29 is 18.7 Å². The van der Waals surface area contributed by atoms with E-state index in [1.807, 2.05) is 10.3 Å². The molecule has 1 fully saturated rings. The highest BCUT2D eigenvalue weighted by molar-refractivity contribution is 7.11. The second-order valence-corrected chi connectivity index (χ2v) is 7.81. The number of aliphatic imine (C=N–C) groups is 1. The van der Waals surface area contributed by atoms with Gasteiger partial charge >= 0.3 is 5.97 Å². The van der Waals surface area contributed by atoms with Gasteiger partial charge in [0.2, 0.25) is 5.91 Å². The van der Waals surface area contributed by atoms with Crippen LogP contribution in [-0.4, -0.2) is 47.3 Å². The average Bonchev–Trinajstić information content (AvgIpc) is 3.38. The lowest BCUT2D eigenvalue weighted by atomic mass is 10.0. The minimum atomic E-state index is -0.380. The molecule has 2 aliphatic rings. The van der Waals surface area contributed by atoms with E-state index in [9.17, 15) is 14.0 Å². The molecular formula is C20H20ClFN4O3S. The first-order valence-corrected chi connectivity index (χ1v) is 10.5. The summed E-state index contributed by atoms with van der Waals surface area (Å²) in [7, 11) is 0. The second kappa shape index (κ2) is 9.82. The number of amides is 1. The molecule has 1 atom stereocenters. The molecule has 2 N–H and O–H groups in total. The highest BCUT2D eigenvalue weighted by Gasteiger charge is 2.39. The number of nitrogens with zero attached hydrogens (tertiary/aromatic N) is 3. The summed E-state index contributed by atoms with van der Waals surface area (Å²) in [6.45, 7) is 2.73. The van der Waals surface area contributed by atoms with Gasteiger partial charge in [0, 0.05) is 35.3 Å². The molecule has 1 aromatic heterocycles. The van der Waals surface area contributed by atoms with Crippen LogP contribution in [0.1, 0.15) is 18.4 Å². The molecule has 10 heteroatoms. The van der Waals surface area contributed by atoms with Crippen molar-refractivity contribution in [3.05, 3.63) is 63.0 Å². The molecule has 0 saturated carbocycles. The first kappa shape index (κ1) is 21.9. The minimum Gasteiger partial charge on any atom is -0.463 e. The number of carbonyl (C=O) groups is 2. The summed E-state index contributed by atoms with van der Waals surface area (Å²) in [5.41, 5.74) is 6.72. The topological polar surface area (TPSA) is 97.9 Å². The lowest BCUT2D eigenvalue weighted by Crippen LogP contribution is -2.35. The number of benzene rings is 1. The predicted octanol–water partition coefficient (Wildman–Crippen LogP) is 3.01. The number of hydrogen-bond acceptors (Lipinski definition) is 7. The van der Waals surface area contributed by atoms with Crippen molar-refractivity contribution in [1.82, 2.24) is 9.88 Å². The maximum absolute atomic E-state index is 12.1. The summed E-state index contributed by atoms with van der Waals surface area (Å²) in [6, 6.07) is 5.82. The third kappa shape index (κ3) is 5.03. The first-order chi connectivity index (χ1) is 14.4. The van der Waals surface area contributed by atoms with Gasteiger partial charge in [0.25, 0.3) is 0 Å². The van der Waals surface area contributed by atoms with E-state index in [1.54, 1.807) is 25.3 Å². The fourth-order valence-corrected chi connectivity index (χ4v) is 3.97. The second-order valence-electron chi connectivity index (χ2n) is 6.48. The minimum absolute atomic E-state index is 0.241. The zero-order chi connectivity index (χ0) is 21.7. The molecule has 0 aliphatic carbocycles. The van der Waals surface area contributed by atoms with Gasteiger partial charge in [0.1, 0.15) is 5.82 Å². The maximum Gasteiger partial charge on any atom is 0.337 e. The van der Waals surface area contributed by atoms with Crippen molar-refractivity contribution in [2.24, 2.45) is 16.6 Å². The van der Waals surface area contributed by atoms with Crippen LogP contribution in [0.4, 0.5) is 4.39 Å². The smallest absolute Gasteiger partial charge is 0.337 e. The van der Waals surface area contributed by atoms with Crippen LogP contribution in [0, 0.1) is 11.7 Å². The Morgan fingerprint density at radius 3 is 2.80 bits per heavy atom. The largest absolute Gasteiger partial charge is 0.463 e. The van der Waals surface area contributed by atoms with Crippen molar-refractivity contribution in [2.45, 2.75) is 13.3 Å². The third-order valence-corrected chi connectivity index (χ3v) is 5.50. The van der Waals surface area contributed by atoms with Crippen LogP contribution >= 0.6 is 22.9 Å². The molecule has 2 aromatic rings. The molecule has 4 rings (SSSR count). The maximum atomic E-state index is 12.1. The Bertz CT molecular complexity index is 976. The van der Waals surface area contributed by atoms with E-state index in [1.165, 1.54) is 23.5 Å². The van der Waals surface area contributed by atoms with E-state index in [0.29, 0.717) is 36.0 Å². The van der Waals surface area contributed by atoms with E-state index in [0.717, 1.165) is 10.7 Å². The summed E-state index contributed by atoms with van der Waals surface area (Å²) < 4.78 is 17.2. The molecule has 7 nitrogen and oxygen atoms in total. The van der Waals surface area contributed by atoms with E-state index >= 15 is 0 Å². The summed E-state index contributed by atoms with van der Waals surface area (Å²) in [5, 5.41) is 3.07. The molecule has 0 radical (unpaired) electrons. The number of fused-ring (bicyclic) bond motifs is 1. The van der Waals surface area contributed by atoms with Crippen molar-refractivity contribution >= 4 is 40.6 Å². The van der Waals surface area contributed by atoms with Gasteiger partial charge in [-0.05, 0) is 25.1 Å². The molecule has 158 valence electrons. The number of ether oxygens (including phenoxy) is 1. The van der Waals surface area contributed by atoms with Gasteiger partial charge in [0.05, 0.1) is 24.6 Å². The molecule has 2 aliphatic heterocycles. The van der Waals surface area contributed by atoms with Crippen LogP contribution in [0.5, 0.6) is 0 Å². The molecular weight excluding hydrogens is 431 g/mol. The molecule has 1 aromatic carbocycles. The number of esters is 1. The Labute approximate surface area is 182 Å². The van der Waals surface area contributed by atoms with E-state index in [4.69, 9.17) is 22.1 Å². The molecule has 0 bridgehead atoms. The average molecular weight is 451 g/mol. The van der Waals surface area contributed by atoms with E-state index in [-0.39, 0.29) is 30.2 Å². The summed E-state index contributed by atoms with van der Waals surface area (Å²) >= 11 is 6.87. The van der Waals surface area contributed by atoms with Crippen molar-refractivity contribution in [1.29, 1.82) is 0 Å². The predicted molar refractivity (Wildman–Crippen MR) is 113 cm³/mol. The van der Waals surface area contributed by atoms with Crippen LogP contribution < -0.4 is 5.73 Å². The van der Waals surface area contributed by atoms with Crippen molar-refractivity contribution in [3.8, 4) is 0 Å². The third-order valence-electron chi connectivity index (χ3n) is 4.49. The Balaban J connectivity index is 0.000000269. The number of allylic oxidation sites excluding steroid dienone is 1. The number of aromatic nitrogens is 1. The Morgan fingerprint density at radius 2 is 2.23 bits per heavy atom. The highest BCUT2D eigenvalue weighted by Crippen LogP contribution is 2.34. The van der Waals surface area contributed by atoms with Gasteiger partial charge in [-0.3, -0.25) is 9.79 Å².